The Kier molecular flexibility index (Phi) is 3.81. The second-order valence-corrected chi connectivity index (χ2v) is 4.80. The van der Waals surface area contributed by atoms with E-state index in [-0.39, 0.29) is 5.57 Å². The van der Waals surface area contributed by atoms with Gasteiger partial charge in [0.1, 0.15) is 17.2 Å². The molecule has 4 nitrogen and oxygen atoms in total. The van der Waals surface area contributed by atoms with Gasteiger partial charge in [-0.05, 0) is 31.5 Å². The lowest BCUT2D eigenvalue weighted by molar-refractivity contribution is -0.144. The van der Waals surface area contributed by atoms with E-state index in [1.54, 1.807) is 38.4 Å². The molecule has 0 saturated heterocycles. The molecule has 0 amide bonds. The van der Waals surface area contributed by atoms with Crippen molar-refractivity contribution in [3.8, 4) is 6.07 Å². The molecule has 0 aliphatic carbocycles. The standard InChI is InChI=1S/C16H14N2O2/c1-16(2)14(13(11-17)15(19)20-16)6-4-3-5-12-7-9-18-10-8-12/h3-10H,1-2H3/b5-3+,6-4+. The number of hydrogen-bond donors (Lipinski definition) is 0. The summed E-state index contributed by atoms with van der Waals surface area (Å²) in [6, 6.07) is 5.67. The fourth-order valence-electron chi connectivity index (χ4n) is 1.93. The third-order valence-electron chi connectivity index (χ3n) is 2.95. The highest BCUT2D eigenvalue weighted by Crippen LogP contribution is 2.32. The van der Waals surface area contributed by atoms with Crippen LogP contribution in [0.3, 0.4) is 0 Å². The Morgan fingerprint density at radius 1 is 1.25 bits per heavy atom. The van der Waals surface area contributed by atoms with Crippen molar-refractivity contribution in [3.63, 3.8) is 0 Å². The molecule has 0 bridgehead atoms. The SMILES string of the molecule is CC1(C)OC(=O)C(C#N)=C1/C=C/C=C/c1ccncc1. The zero-order valence-electron chi connectivity index (χ0n) is 11.3. The third kappa shape index (κ3) is 2.83. The average Bonchev–Trinajstić information content (AvgIpc) is 2.64. The van der Waals surface area contributed by atoms with Crippen LogP contribution in [-0.4, -0.2) is 16.6 Å². The number of pyridine rings is 1. The van der Waals surface area contributed by atoms with E-state index in [0.717, 1.165) is 5.56 Å². The number of cyclic esters (lactones) is 1. The fourth-order valence-corrected chi connectivity index (χ4v) is 1.93. The Balaban J connectivity index is 2.19. The first-order valence-electron chi connectivity index (χ1n) is 6.17. The molecule has 0 spiro atoms. The number of hydrogen-bond acceptors (Lipinski definition) is 4. The van der Waals surface area contributed by atoms with Gasteiger partial charge in [0.05, 0.1) is 0 Å². The van der Waals surface area contributed by atoms with Gasteiger partial charge in [-0.15, -0.1) is 0 Å². The van der Waals surface area contributed by atoms with E-state index in [0.29, 0.717) is 5.57 Å². The van der Waals surface area contributed by atoms with Crippen LogP contribution in [0.2, 0.25) is 0 Å². The minimum atomic E-state index is -0.761. The molecular weight excluding hydrogens is 252 g/mol. The van der Waals surface area contributed by atoms with E-state index >= 15 is 0 Å². The smallest absolute Gasteiger partial charge is 0.350 e. The molecule has 0 radical (unpaired) electrons. The topological polar surface area (TPSA) is 63.0 Å². The lowest BCUT2D eigenvalue weighted by Gasteiger charge is -2.18. The van der Waals surface area contributed by atoms with Crippen molar-refractivity contribution in [2.45, 2.75) is 19.4 Å². The molecule has 1 aromatic heterocycles. The number of aromatic nitrogens is 1. The predicted octanol–water partition coefficient (Wildman–Crippen LogP) is 2.81. The lowest BCUT2D eigenvalue weighted by atomic mass is 9.95. The molecule has 0 N–H and O–H groups in total. The summed E-state index contributed by atoms with van der Waals surface area (Å²) in [5, 5.41) is 9.01. The quantitative estimate of drug-likeness (QED) is 0.623. The van der Waals surface area contributed by atoms with Crippen molar-refractivity contribution < 1.29 is 9.53 Å². The minimum Gasteiger partial charge on any atom is -0.451 e. The highest BCUT2D eigenvalue weighted by Gasteiger charge is 2.38. The summed E-state index contributed by atoms with van der Waals surface area (Å²) >= 11 is 0. The van der Waals surface area contributed by atoms with Crippen LogP contribution >= 0.6 is 0 Å². The summed E-state index contributed by atoms with van der Waals surface area (Å²) < 4.78 is 5.16. The maximum Gasteiger partial charge on any atom is 0.350 e. The number of nitriles is 1. The monoisotopic (exact) mass is 266 g/mol. The first kappa shape index (κ1) is 13.8. The average molecular weight is 266 g/mol. The van der Waals surface area contributed by atoms with Crippen molar-refractivity contribution >= 4 is 12.0 Å². The van der Waals surface area contributed by atoms with Crippen LogP contribution in [0.25, 0.3) is 6.08 Å². The van der Waals surface area contributed by atoms with Gasteiger partial charge in [0.25, 0.3) is 0 Å². The van der Waals surface area contributed by atoms with Crippen LogP contribution < -0.4 is 0 Å². The van der Waals surface area contributed by atoms with Crippen LogP contribution in [0.5, 0.6) is 0 Å². The second-order valence-electron chi connectivity index (χ2n) is 4.80. The van der Waals surface area contributed by atoms with Gasteiger partial charge in [-0.25, -0.2) is 4.79 Å². The zero-order valence-corrected chi connectivity index (χ0v) is 11.3. The van der Waals surface area contributed by atoms with Gasteiger partial charge in [0.15, 0.2) is 0 Å². The Morgan fingerprint density at radius 2 is 1.90 bits per heavy atom. The van der Waals surface area contributed by atoms with Gasteiger partial charge in [-0.1, -0.05) is 24.3 Å². The normalized spacial score (nSPS) is 17.8. The summed E-state index contributed by atoms with van der Waals surface area (Å²) in [4.78, 5) is 15.5. The summed E-state index contributed by atoms with van der Waals surface area (Å²) in [7, 11) is 0. The molecule has 20 heavy (non-hydrogen) atoms. The maximum absolute atomic E-state index is 11.5. The zero-order chi connectivity index (χ0) is 14.6. The second kappa shape index (κ2) is 5.54. The molecule has 0 atom stereocenters. The summed E-state index contributed by atoms with van der Waals surface area (Å²) in [5.74, 6) is -0.560. The van der Waals surface area contributed by atoms with E-state index in [2.05, 4.69) is 4.98 Å². The predicted molar refractivity (Wildman–Crippen MR) is 75.2 cm³/mol. The number of carbonyl (C=O) groups excluding carboxylic acids is 1. The summed E-state index contributed by atoms with van der Waals surface area (Å²) in [5.41, 5.74) is 0.938. The third-order valence-corrected chi connectivity index (χ3v) is 2.95. The Bertz CT molecular complexity index is 647. The molecule has 4 heteroatoms. The van der Waals surface area contributed by atoms with E-state index in [1.165, 1.54) is 0 Å². The van der Waals surface area contributed by atoms with Gasteiger partial charge in [-0.3, -0.25) is 4.98 Å². The van der Waals surface area contributed by atoms with Crippen LogP contribution in [-0.2, 0) is 9.53 Å². The van der Waals surface area contributed by atoms with Crippen LogP contribution in [0.1, 0.15) is 19.4 Å². The number of nitrogens with zero attached hydrogens (tertiary/aromatic N) is 2. The van der Waals surface area contributed by atoms with Crippen molar-refractivity contribution in [1.82, 2.24) is 4.98 Å². The van der Waals surface area contributed by atoms with Gasteiger partial charge >= 0.3 is 5.97 Å². The lowest BCUT2D eigenvalue weighted by Crippen LogP contribution is -2.22. The van der Waals surface area contributed by atoms with Crippen LogP contribution in [0.15, 0.2) is 53.9 Å². The number of allylic oxidation sites excluding steroid dienone is 2. The fraction of sp³-hybridized carbons (Fsp3) is 0.188. The van der Waals surface area contributed by atoms with Crippen molar-refractivity contribution in [2.75, 3.05) is 0 Å². The Hall–Kier alpha value is -2.67. The van der Waals surface area contributed by atoms with E-state index < -0.39 is 11.6 Å². The van der Waals surface area contributed by atoms with Gasteiger partial charge in [-0.2, -0.15) is 5.26 Å². The molecule has 2 heterocycles. The van der Waals surface area contributed by atoms with E-state index in [1.807, 2.05) is 30.4 Å². The van der Waals surface area contributed by atoms with Gasteiger partial charge in [0, 0.05) is 18.0 Å². The highest BCUT2D eigenvalue weighted by molar-refractivity contribution is 5.97. The number of carbonyl (C=O) groups is 1. The van der Waals surface area contributed by atoms with Crippen molar-refractivity contribution in [2.24, 2.45) is 0 Å². The molecule has 0 aromatic carbocycles. The molecule has 1 aliphatic rings. The molecule has 1 aliphatic heterocycles. The van der Waals surface area contributed by atoms with Crippen LogP contribution in [0, 0.1) is 11.3 Å². The molecule has 0 unspecified atom stereocenters. The van der Waals surface area contributed by atoms with Crippen LogP contribution in [0.4, 0.5) is 0 Å². The summed E-state index contributed by atoms with van der Waals surface area (Å²) in [6.07, 6.45) is 10.7. The Labute approximate surface area is 117 Å². The molecule has 0 saturated carbocycles. The number of rotatable bonds is 3. The minimum absolute atomic E-state index is 0.0727. The van der Waals surface area contributed by atoms with E-state index in [9.17, 15) is 4.79 Å². The number of esters is 1. The molecule has 2 rings (SSSR count). The maximum atomic E-state index is 11.5. The molecular formula is C16H14N2O2. The molecule has 100 valence electrons. The highest BCUT2D eigenvalue weighted by atomic mass is 16.6. The van der Waals surface area contributed by atoms with E-state index in [4.69, 9.17) is 10.00 Å². The number of ether oxygens (including phenoxy) is 1. The van der Waals surface area contributed by atoms with Gasteiger partial charge in [0.2, 0.25) is 0 Å². The van der Waals surface area contributed by atoms with Crippen molar-refractivity contribution in [1.29, 1.82) is 5.26 Å². The largest absolute Gasteiger partial charge is 0.451 e. The van der Waals surface area contributed by atoms with Crippen molar-refractivity contribution in [3.05, 3.63) is 59.5 Å². The summed E-state index contributed by atoms with van der Waals surface area (Å²) in [6.45, 7) is 3.53. The molecule has 1 aromatic rings. The Morgan fingerprint density at radius 3 is 2.55 bits per heavy atom. The van der Waals surface area contributed by atoms with Gasteiger partial charge < -0.3 is 4.74 Å². The first-order chi connectivity index (χ1) is 9.54. The molecule has 0 fully saturated rings. The first-order valence-corrected chi connectivity index (χ1v) is 6.17.